The second-order valence-corrected chi connectivity index (χ2v) is 8.18. The quantitative estimate of drug-likeness (QED) is 0.816. The number of carbonyl (C=O) groups excluding carboxylic acids is 1. The van der Waals surface area contributed by atoms with E-state index in [2.05, 4.69) is 14.9 Å². The molecule has 0 unspecified atom stereocenters. The highest BCUT2D eigenvalue weighted by molar-refractivity contribution is 7.89. The number of aromatic nitrogens is 2. The van der Waals surface area contributed by atoms with E-state index in [1.54, 1.807) is 0 Å². The number of carbonyl (C=O) groups is 1. The van der Waals surface area contributed by atoms with Gasteiger partial charge in [-0.2, -0.15) is 4.31 Å². The monoisotopic (exact) mass is 400 g/mol. The van der Waals surface area contributed by atoms with Crippen LogP contribution in [0.3, 0.4) is 0 Å². The molecule has 1 aromatic heterocycles. The summed E-state index contributed by atoms with van der Waals surface area (Å²) in [6.45, 7) is 2.68. The van der Waals surface area contributed by atoms with Gasteiger partial charge in [0.1, 0.15) is 15.6 Å². The molecular weight excluding hydrogens is 383 g/mol. The maximum Gasteiger partial charge on any atom is 0.269 e. The molecule has 1 saturated heterocycles. The van der Waals surface area contributed by atoms with Crippen LogP contribution in [0.4, 0.5) is 10.1 Å². The van der Waals surface area contributed by atoms with Crippen molar-refractivity contribution >= 4 is 33.2 Å². The number of hydrogen-bond donors (Lipinski definition) is 1. The van der Waals surface area contributed by atoms with Gasteiger partial charge in [0.05, 0.1) is 18.9 Å². The average Bonchev–Trinajstić information content (AvgIpc) is 3.13. The molecule has 0 aliphatic carbocycles. The Bertz CT molecular complexity index is 910. The standard InChI is InChI=1S/C15H17FN4O4S2/c1-2-12-14(25-19-18-12)15(21)17-10-3-4-11(16)13(9-10)26(22,23)20-5-7-24-8-6-20/h3-4,9H,2,5-8H2,1H3,(H,17,21). The zero-order valence-electron chi connectivity index (χ0n) is 13.9. The highest BCUT2D eigenvalue weighted by atomic mass is 32.2. The maximum absolute atomic E-state index is 14.2. The fourth-order valence-corrected chi connectivity index (χ4v) is 4.65. The third kappa shape index (κ3) is 3.75. The van der Waals surface area contributed by atoms with E-state index in [9.17, 15) is 17.6 Å². The summed E-state index contributed by atoms with van der Waals surface area (Å²) < 4.78 is 49.6. The van der Waals surface area contributed by atoms with Crippen molar-refractivity contribution in [3.05, 3.63) is 34.6 Å². The van der Waals surface area contributed by atoms with Crippen molar-refractivity contribution in [1.29, 1.82) is 0 Å². The number of hydrogen-bond acceptors (Lipinski definition) is 7. The van der Waals surface area contributed by atoms with E-state index in [0.29, 0.717) is 17.0 Å². The summed E-state index contributed by atoms with van der Waals surface area (Å²) in [5.74, 6) is -1.33. The van der Waals surface area contributed by atoms with Gasteiger partial charge in [-0.1, -0.05) is 11.4 Å². The molecule has 1 aliphatic heterocycles. The lowest BCUT2D eigenvalue weighted by atomic mass is 10.2. The van der Waals surface area contributed by atoms with Crippen molar-refractivity contribution < 1.29 is 22.3 Å². The van der Waals surface area contributed by atoms with E-state index in [1.165, 1.54) is 10.4 Å². The molecule has 0 saturated carbocycles. The number of halogens is 1. The van der Waals surface area contributed by atoms with Gasteiger partial charge in [0, 0.05) is 18.8 Å². The number of rotatable bonds is 5. The van der Waals surface area contributed by atoms with Gasteiger partial charge >= 0.3 is 0 Å². The van der Waals surface area contributed by atoms with E-state index < -0.39 is 26.6 Å². The minimum atomic E-state index is -4.01. The number of ether oxygens (including phenoxy) is 1. The molecular formula is C15H17FN4O4S2. The first-order valence-electron chi connectivity index (χ1n) is 7.93. The molecule has 1 amide bonds. The molecule has 0 radical (unpaired) electrons. The lowest BCUT2D eigenvalue weighted by Crippen LogP contribution is -2.40. The number of anilines is 1. The fourth-order valence-electron chi connectivity index (χ4n) is 2.51. The molecule has 0 atom stereocenters. The number of sulfonamides is 1. The Hall–Kier alpha value is -1.95. The van der Waals surface area contributed by atoms with Gasteiger partial charge in [0.15, 0.2) is 0 Å². The van der Waals surface area contributed by atoms with Gasteiger partial charge in [-0.3, -0.25) is 4.79 Å². The summed E-state index contributed by atoms with van der Waals surface area (Å²) in [7, 11) is -4.01. The molecule has 1 aliphatic rings. The van der Waals surface area contributed by atoms with Crippen LogP contribution in [0.5, 0.6) is 0 Å². The molecule has 3 rings (SSSR count). The maximum atomic E-state index is 14.2. The van der Waals surface area contributed by atoms with Gasteiger partial charge < -0.3 is 10.1 Å². The second kappa shape index (κ2) is 7.74. The first kappa shape index (κ1) is 18.8. The number of amides is 1. The van der Waals surface area contributed by atoms with Crippen LogP contribution in [0.2, 0.25) is 0 Å². The third-order valence-electron chi connectivity index (χ3n) is 3.87. The Morgan fingerprint density at radius 2 is 2.12 bits per heavy atom. The van der Waals surface area contributed by atoms with Crippen molar-refractivity contribution in [2.24, 2.45) is 0 Å². The lowest BCUT2D eigenvalue weighted by Gasteiger charge is -2.26. The molecule has 26 heavy (non-hydrogen) atoms. The SMILES string of the molecule is CCc1nnsc1C(=O)Nc1ccc(F)c(S(=O)(=O)N2CCOCC2)c1. The summed E-state index contributed by atoms with van der Waals surface area (Å²) in [5, 5.41) is 6.44. The minimum Gasteiger partial charge on any atom is -0.379 e. The summed E-state index contributed by atoms with van der Waals surface area (Å²) >= 11 is 0.949. The number of aryl methyl sites for hydroxylation is 1. The van der Waals surface area contributed by atoms with E-state index in [1.807, 2.05) is 6.92 Å². The largest absolute Gasteiger partial charge is 0.379 e. The molecule has 8 nitrogen and oxygen atoms in total. The predicted octanol–water partition coefficient (Wildman–Crippen LogP) is 1.51. The van der Waals surface area contributed by atoms with E-state index in [0.717, 1.165) is 23.7 Å². The Morgan fingerprint density at radius 1 is 1.38 bits per heavy atom. The molecule has 0 spiro atoms. The van der Waals surface area contributed by atoms with Crippen molar-refractivity contribution in [1.82, 2.24) is 13.9 Å². The lowest BCUT2D eigenvalue weighted by molar-refractivity contribution is 0.0729. The molecule has 140 valence electrons. The first-order chi connectivity index (χ1) is 12.4. The molecule has 11 heteroatoms. The zero-order chi connectivity index (χ0) is 18.7. The number of morpholine rings is 1. The normalized spacial score (nSPS) is 15.8. The fraction of sp³-hybridized carbons (Fsp3) is 0.400. The van der Waals surface area contributed by atoms with Crippen molar-refractivity contribution in [2.45, 2.75) is 18.2 Å². The van der Waals surface area contributed by atoms with E-state index in [4.69, 9.17) is 4.74 Å². The van der Waals surface area contributed by atoms with E-state index >= 15 is 0 Å². The van der Waals surface area contributed by atoms with Crippen LogP contribution in [0.15, 0.2) is 23.1 Å². The molecule has 2 heterocycles. The van der Waals surface area contributed by atoms with Crippen molar-refractivity contribution in [3.8, 4) is 0 Å². The highest BCUT2D eigenvalue weighted by Crippen LogP contribution is 2.24. The predicted molar refractivity (Wildman–Crippen MR) is 93.2 cm³/mol. The van der Waals surface area contributed by atoms with Crippen LogP contribution in [-0.4, -0.2) is 54.5 Å². The topological polar surface area (TPSA) is 101 Å². The Kier molecular flexibility index (Phi) is 5.61. The number of nitrogens with zero attached hydrogens (tertiary/aromatic N) is 3. The van der Waals surface area contributed by atoms with Gasteiger partial charge in [-0.15, -0.1) is 5.10 Å². The highest BCUT2D eigenvalue weighted by Gasteiger charge is 2.29. The molecule has 1 fully saturated rings. The van der Waals surface area contributed by atoms with Gasteiger partial charge in [-0.05, 0) is 36.2 Å². The van der Waals surface area contributed by atoms with Crippen LogP contribution in [-0.2, 0) is 21.2 Å². The van der Waals surface area contributed by atoms with Crippen molar-refractivity contribution in [3.63, 3.8) is 0 Å². The third-order valence-corrected chi connectivity index (χ3v) is 6.55. The van der Waals surface area contributed by atoms with Gasteiger partial charge in [0.25, 0.3) is 5.91 Å². The summed E-state index contributed by atoms with van der Waals surface area (Å²) in [6, 6.07) is 3.46. The number of nitrogens with one attached hydrogen (secondary N) is 1. The van der Waals surface area contributed by atoms with Crippen LogP contribution < -0.4 is 5.32 Å². The average molecular weight is 400 g/mol. The minimum absolute atomic E-state index is 0.157. The van der Waals surface area contributed by atoms with Crippen LogP contribution in [0.25, 0.3) is 0 Å². The first-order valence-corrected chi connectivity index (χ1v) is 10.1. The zero-order valence-corrected chi connectivity index (χ0v) is 15.6. The van der Waals surface area contributed by atoms with Gasteiger partial charge in [-0.25, -0.2) is 12.8 Å². The smallest absolute Gasteiger partial charge is 0.269 e. The van der Waals surface area contributed by atoms with Crippen molar-refractivity contribution in [2.75, 3.05) is 31.6 Å². The Morgan fingerprint density at radius 3 is 2.81 bits per heavy atom. The van der Waals surface area contributed by atoms with Gasteiger partial charge in [0.2, 0.25) is 10.0 Å². The summed E-state index contributed by atoms with van der Waals surface area (Å²) in [6.07, 6.45) is 0.541. The van der Waals surface area contributed by atoms with Crippen LogP contribution in [0.1, 0.15) is 22.3 Å². The van der Waals surface area contributed by atoms with Crippen LogP contribution >= 0.6 is 11.5 Å². The molecule has 1 aromatic carbocycles. The summed E-state index contributed by atoms with van der Waals surface area (Å²) in [5.41, 5.74) is 0.731. The summed E-state index contributed by atoms with van der Waals surface area (Å²) in [4.78, 5) is 12.2. The Balaban J connectivity index is 1.87. The van der Waals surface area contributed by atoms with E-state index in [-0.39, 0.29) is 32.0 Å². The Labute approximate surface area is 154 Å². The molecule has 2 aromatic rings. The second-order valence-electron chi connectivity index (χ2n) is 5.52. The molecule has 0 bridgehead atoms. The van der Waals surface area contributed by atoms with Crippen LogP contribution in [0, 0.1) is 5.82 Å². The number of benzene rings is 1. The molecule has 1 N–H and O–H groups in total.